The number of fused-ring (bicyclic) bond motifs is 3. The molecule has 0 spiro atoms. The van der Waals surface area contributed by atoms with Crippen LogP contribution in [0.5, 0.6) is 0 Å². The number of carbonyl (C=O) groups is 4. The Hall–Kier alpha value is -5.97. The van der Waals surface area contributed by atoms with Crippen LogP contribution >= 0.6 is 11.6 Å². The maximum absolute atomic E-state index is 12.9. The van der Waals surface area contributed by atoms with Crippen LogP contribution < -0.4 is 20.4 Å². The number of rotatable bonds is 2. The van der Waals surface area contributed by atoms with Crippen molar-refractivity contribution >= 4 is 46.5 Å². The first kappa shape index (κ1) is 77.0. The summed E-state index contributed by atoms with van der Waals surface area (Å²) in [7, 11) is 0. The summed E-state index contributed by atoms with van der Waals surface area (Å²) in [6.07, 6.45) is 0.642. The SMILES string of the molecule is CC(C)(C)C1(C(C)(C)C)C(=O)CCN1c1ccccc1.CC(C)(C)C1(C(C)(C)C)C(=O)NCN1c1ccc(Cl)cc1.CC(C)(C)C1(C(C)(C)C)NC(=O)c2ccccc21.CC(C)(C)C1(C(C)(C)C)OC(=O)c2ccccc21.CC(C)(C)C1(C(C)(C)C)OCc2ccccc21. The molecule has 94 heavy (non-hydrogen) atoms. The average molecular weight is 1310 g/mol. The molecular formula is C83H121ClN4O6. The van der Waals surface area contributed by atoms with Gasteiger partial charge in [0.1, 0.15) is 22.3 Å². The van der Waals surface area contributed by atoms with Crippen molar-refractivity contribution in [3.05, 3.63) is 166 Å². The fourth-order valence-electron chi connectivity index (χ4n) is 19.2. The molecule has 0 aliphatic carbocycles. The molecule has 11 heteroatoms. The molecule has 2 N–H and O–H groups in total. The van der Waals surface area contributed by atoms with Gasteiger partial charge >= 0.3 is 5.97 Å². The van der Waals surface area contributed by atoms with Crippen molar-refractivity contribution in [3.8, 4) is 0 Å². The fraction of sp³-hybridized carbons (Fsp3) is 0.590. The van der Waals surface area contributed by atoms with Crippen molar-refractivity contribution in [2.75, 3.05) is 23.0 Å². The van der Waals surface area contributed by atoms with E-state index in [2.05, 4.69) is 271 Å². The summed E-state index contributed by atoms with van der Waals surface area (Å²) in [5.74, 6) is 0.324. The Labute approximate surface area is 574 Å². The van der Waals surface area contributed by atoms with Gasteiger partial charge in [-0.15, -0.1) is 0 Å². The Bertz CT molecular complexity index is 3350. The highest BCUT2D eigenvalue weighted by Gasteiger charge is 2.65. The summed E-state index contributed by atoms with van der Waals surface area (Å²) in [5, 5.41) is 7.02. The predicted octanol–water partition coefficient (Wildman–Crippen LogP) is 20.7. The number of para-hydroxylation sites is 1. The topological polar surface area (TPSA) is 117 Å². The summed E-state index contributed by atoms with van der Waals surface area (Å²) in [6.45, 7) is 67.7. The molecule has 5 aliphatic heterocycles. The maximum Gasteiger partial charge on any atom is 0.339 e. The van der Waals surface area contributed by atoms with E-state index in [-0.39, 0.29) is 83.1 Å². The summed E-state index contributed by atoms with van der Waals surface area (Å²) < 4.78 is 12.2. The Kier molecular flexibility index (Phi) is 21.1. The second-order valence-electron chi connectivity index (χ2n) is 37.1. The molecule has 0 atom stereocenters. The number of hydrogen-bond acceptors (Lipinski definition) is 8. The van der Waals surface area contributed by atoms with Gasteiger partial charge in [0.25, 0.3) is 5.91 Å². The number of benzene rings is 5. The minimum atomic E-state index is -0.617. The zero-order valence-corrected chi connectivity index (χ0v) is 64.4. The second-order valence-corrected chi connectivity index (χ2v) is 37.6. The third-order valence-electron chi connectivity index (χ3n) is 21.0. The molecule has 0 saturated carbocycles. The van der Waals surface area contributed by atoms with Crippen LogP contribution in [-0.2, 0) is 42.4 Å². The molecular weight excluding hydrogens is 1180 g/mol. The third-order valence-corrected chi connectivity index (χ3v) is 21.3. The standard InChI is InChI=1S/C18H27NO.C17H25ClN2O.C16H23NO.C16H22O2.C16H24O/c1-16(2,3)18(17(4,5)6)15(20)12-13-19(18)14-10-8-7-9-11-14;1-15(2,3)17(16(4,5)6)14(21)19-11-20(17)13-9-7-12(18)8-10-13;1-14(2,3)16(15(4,5)6)12-10-8-7-9-11(12)13(18)17-16;1-14(2,3)16(15(4,5)6)12-10-8-7-9-11(12)13(17)18-16;1-14(2,3)16(15(4,5)6)13-10-8-7-9-12(13)11-17-16/h7-11H,12-13H2,1-6H3;7-10H,11H2,1-6H3,(H,19,21);7-10H,1-6H3,(H,17,18);7-10H,1-6H3;7-10H,11H2,1-6H3. The van der Waals surface area contributed by atoms with Crippen molar-refractivity contribution in [1.29, 1.82) is 0 Å². The van der Waals surface area contributed by atoms with E-state index < -0.39 is 16.7 Å². The van der Waals surface area contributed by atoms with E-state index in [1.165, 1.54) is 11.1 Å². The first-order valence-corrected chi connectivity index (χ1v) is 34.6. The number of Topliss-reactive ketones (excluding diaryl/α,β-unsaturated/α-hetero) is 1. The highest BCUT2D eigenvalue weighted by Crippen LogP contribution is 2.61. The molecule has 0 unspecified atom stereocenters. The van der Waals surface area contributed by atoms with Crippen LogP contribution in [0.2, 0.25) is 5.02 Å². The summed E-state index contributed by atoms with van der Waals surface area (Å²) in [6, 6.07) is 42.4. The van der Waals surface area contributed by atoms with Gasteiger partial charge in [-0.1, -0.05) is 298 Å². The van der Waals surface area contributed by atoms with Gasteiger partial charge in [0.05, 0.1) is 24.4 Å². The number of ether oxygens (including phenoxy) is 2. The number of hydrogen-bond donors (Lipinski definition) is 2. The molecule has 5 aromatic carbocycles. The highest BCUT2D eigenvalue weighted by molar-refractivity contribution is 6.30. The zero-order valence-electron chi connectivity index (χ0n) is 63.7. The van der Waals surface area contributed by atoms with Gasteiger partial charge in [-0.25, -0.2) is 4.79 Å². The quantitative estimate of drug-likeness (QED) is 0.168. The van der Waals surface area contributed by atoms with E-state index in [1.807, 2.05) is 84.9 Å². The Balaban J connectivity index is 0.000000187. The van der Waals surface area contributed by atoms with Crippen molar-refractivity contribution in [2.24, 2.45) is 54.1 Å². The number of halogens is 1. The van der Waals surface area contributed by atoms with Gasteiger partial charge < -0.3 is 29.9 Å². The normalized spacial score (nSPS) is 18.9. The smallest absolute Gasteiger partial charge is 0.339 e. The summed E-state index contributed by atoms with van der Waals surface area (Å²) in [5.41, 5.74) is 5.49. The molecule has 2 saturated heterocycles. The number of carbonyl (C=O) groups excluding carboxylic acids is 4. The van der Waals surface area contributed by atoms with Crippen LogP contribution in [-0.4, -0.2) is 47.9 Å². The lowest BCUT2D eigenvalue weighted by Gasteiger charge is -2.55. The van der Waals surface area contributed by atoms with Crippen molar-refractivity contribution in [1.82, 2.24) is 10.6 Å². The molecule has 0 bridgehead atoms. The molecule has 5 aliphatic rings. The Morgan fingerprint density at radius 3 is 1.26 bits per heavy atom. The molecule has 2 fully saturated rings. The number of anilines is 2. The monoisotopic (exact) mass is 1300 g/mol. The number of esters is 1. The van der Waals surface area contributed by atoms with Gasteiger partial charge in [0.15, 0.2) is 5.78 Å². The van der Waals surface area contributed by atoms with E-state index >= 15 is 0 Å². The van der Waals surface area contributed by atoms with Crippen LogP contribution in [0.25, 0.3) is 0 Å². The number of amides is 2. The Morgan fingerprint density at radius 1 is 0.404 bits per heavy atom. The lowest BCUT2D eigenvalue weighted by Crippen LogP contribution is -2.66. The van der Waals surface area contributed by atoms with Gasteiger partial charge in [-0.05, 0) is 109 Å². The minimum Gasteiger partial charge on any atom is -0.449 e. The minimum absolute atomic E-state index is 0.0481. The molecule has 10 nitrogen and oxygen atoms in total. The van der Waals surface area contributed by atoms with E-state index in [0.717, 1.165) is 41.2 Å². The van der Waals surface area contributed by atoms with E-state index in [0.29, 0.717) is 29.5 Å². The first-order chi connectivity index (χ1) is 42.6. The summed E-state index contributed by atoms with van der Waals surface area (Å²) >= 11 is 6.00. The Morgan fingerprint density at radius 2 is 0.809 bits per heavy atom. The zero-order chi connectivity index (χ0) is 71.7. The molecule has 5 heterocycles. The molecule has 10 rings (SSSR count). The second kappa shape index (κ2) is 25.8. The van der Waals surface area contributed by atoms with E-state index in [1.54, 1.807) is 0 Å². The number of nitrogens with one attached hydrogen (secondary N) is 2. The summed E-state index contributed by atoms with van der Waals surface area (Å²) in [4.78, 5) is 54.7. The van der Waals surface area contributed by atoms with E-state index in [4.69, 9.17) is 21.1 Å². The largest absolute Gasteiger partial charge is 0.449 e. The van der Waals surface area contributed by atoms with Crippen LogP contribution in [0.3, 0.4) is 0 Å². The number of ketones is 1. The van der Waals surface area contributed by atoms with Crippen molar-refractivity contribution < 1.29 is 28.7 Å². The van der Waals surface area contributed by atoms with Crippen LogP contribution in [0.1, 0.15) is 257 Å². The number of nitrogens with zero attached hydrogens (tertiary/aromatic N) is 2. The van der Waals surface area contributed by atoms with Crippen LogP contribution in [0.15, 0.2) is 127 Å². The van der Waals surface area contributed by atoms with Crippen LogP contribution in [0.4, 0.5) is 11.4 Å². The van der Waals surface area contributed by atoms with Gasteiger partial charge in [0, 0.05) is 51.3 Å². The van der Waals surface area contributed by atoms with Gasteiger partial charge in [-0.3, -0.25) is 14.4 Å². The van der Waals surface area contributed by atoms with Crippen molar-refractivity contribution in [2.45, 2.75) is 249 Å². The van der Waals surface area contributed by atoms with Gasteiger partial charge in [-0.2, -0.15) is 0 Å². The maximum atomic E-state index is 12.9. The van der Waals surface area contributed by atoms with Crippen molar-refractivity contribution in [3.63, 3.8) is 0 Å². The third kappa shape index (κ3) is 13.0. The molecule has 516 valence electrons. The molecule has 5 aromatic rings. The molecule has 2 amide bonds. The molecule has 0 aromatic heterocycles. The van der Waals surface area contributed by atoms with E-state index in [9.17, 15) is 19.2 Å². The first-order valence-electron chi connectivity index (χ1n) is 34.2. The van der Waals surface area contributed by atoms with Crippen LogP contribution in [0, 0.1) is 54.1 Å². The molecule has 0 radical (unpaired) electrons. The lowest BCUT2D eigenvalue weighted by molar-refractivity contribution is -0.180. The average Bonchev–Trinajstić information content (AvgIpc) is 1.51. The fourth-order valence-corrected chi connectivity index (χ4v) is 19.3. The lowest BCUT2D eigenvalue weighted by atomic mass is 9.57. The number of cyclic esters (lactones) is 1. The van der Waals surface area contributed by atoms with Gasteiger partial charge in [0.2, 0.25) is 5.91 Å². The predicted molar refractivity (Wildman–Crippen MR) is 392 cm³/mol. The highest BCUT2D eigenvalue weighted by atomic mass is 35.5.